The maximum atomic E-state index is 12.2. The highest BCUT2D eigenvalue weighted by Crippen LogP contribution is 2.34. The van der Waals surface area contributed by atoms with Gasteiger partial charge in [0.2, 0.25) is 23.6 Å². The number of methoxy groups -OCH3 is 1. The molecule has 0 aliphatic carbocycles. The van der Waals surface area contributed by atoms with Gasteiger partial charge in [0.25, 0.3) is 0 Å². The summed E-state index contributed by atoms with van der Waals surface area (Å²) in [6.07, 6.45) is 0.422. The molecule has 1 aliphatic rings. The van der Waals surface area contributed by atoms with E-state index in [4.69, 9.17) is 4.74 Å². The summed E-state index contributed by atoms with van der Waals surface area (Å²) in [7, 11) is 1.47. The molecular formula is C14H17N3O5S. The largest absolute Gasteiger partial charge is 0.496 e. The van der Waals surface area contributed by atoms with Crippen molar-refractivity contribution in [3.63, 3.8) is 0 Å². The number of nitrogens with one attached hydrogen (secondary N) is 3. The van der Waals surface area contributed by atoms with Gasteiger partial charge in [0, 0.05) is 24.3 Å². The van der Waals surface area contributed by atoms with Crippen LogP contribution >= 0.6 is 11.3 Å². The molecule has 0 saturated carbocycles. The summed E-state index contributed by atoms with van der Waals surface area (Å²) in [5.74, 6) is -0.983. The summed E-state index contributed by atoms with van der Waals surface area (Å²) in [5, 5.41) is 9.65. The average Bonchev–Trinajstić information content (AvgIpc) is 2.83. The number of amides is 4. The van der Waals surface area contributed by atoms with Crippen LogP contribution in [0.25, 0.3) is 0 Å². The van der Waals surface area contributed by atoms with E-state index in [9.17, 15) is 19.2 Å². The van der Waals surface area contributed by atoms with Crippen LogP contribution in [0.3, 0.4) is 0 Å². The molecule has 0 radical (unpaired) electrons. The van der Waals surface area contributed by atoms with Crippen molar-refractivity contribution in [3.05, 3.63) is 10.9 Å². The second kappa shape index (κ2) is 7.23. The predicted octanol–water partition coefficient (Wildman–Crippen LogP) is 0.179. The third kappa shape index (κ3) is 4.28. The van der Waals surface area contributed by atoms with Gasteiger partial charge in [-0.15, -0.1) is 11.3 Å². The smallest absolute Gasteiger partial charge is 0.249 e. The van der Waals surface area contributed by atoms with Crippen molar-refractivity contribution in [3.8, 4) is 5.75 Å². The lowest BCUT2D eigenvalue weighted by atomic mass is 10.1. The lowest BCUT2D eigenvalue weighted by Gasteiger charge is -2.21. The molecule has 0 spiro atoms. The molecule has 0 aromatic carbocycles. The lowest BCUT2D eigenvalue weighted by Crippen LogP contribution is -2.52. The van der Waals surface area contributed by atoms with Crippen LogP contribution < -0.4 is 20.7 Å². The van der Waals surface area contributed by atoms with Gasteiger partial charge in [-0.3, -0.25) is 24.5 Å². The molecule has 3 N–H and O–H groups in total. The van der Waals surface area contributed by atoms with E-state index in [0.717, 1.165) is 0 Å². The van der Waals surface area contributed by atoms with Gasteiger partial charge in [0.15, 0.2) is 0 Å². The van der Waals surface area contributed by atoms with Gasteiger partial charge in [-0.1, -0.05) is 0 Å². The molecule has 1 unspecified atom stereocenters. The molecule has 23 heavy (non-hydrogen) atoms. The normalized spacial score (nSPS) is 17.4. The molecule has 8 nitrogen and oxygen atoms in total. The highest BCUT2D eigenvalue weighted by atomic mass is 32.1. The highest BCUT2D eigenvalue weighted by Gasteiger charge is 2.28. The Hall–Kier alpha value is -2.42. The van der Waals surface area contributed by atoms with Crippen LogP contribution in [0.5, 0.6) is 5.75 Å². The number of anilines is 1. The number of ether oxygens (including phenoxy) is 1. The van der Waals surface area contributed by atoms with Gasteiger partial charge in [0.05, 0.1) is 13.5 Å². The number of piperidine rings is 1. The Morgan fingerprint density at radius 2 is 2.17 bits per heavy atom. The lowest BCUT2D eigenvalue weighted by molar-refractivity contribution is -0.137. The molecule has 124 valence electrons. The number of hydrogen-bond donors (Lipinski definition) is 3. The van der Waals surface area contributed by atoms with E-state index in [1.54, 1.807) is 5.38 Å². The molecule has 2 rings (SSSR count). The van der Waals surface area contributed by atoms with E-state index >= 15 is 0 Å². The van der Waals surface area contributed by atoms with Crippen molar-refractivity contribution in [2.24, 2.45) is 0 Å². The topological polar surface area (TPSA) is 114 Å². The Bertz CT molecular complexity index is 655. The van der Waals surface area contributed by atoms with Gasteiger partial charge in [0.1, 0.15) is 16.8 Å². The van der Waals surface area contributed by atoms with Gasteiger partial charge in [-0.2, -0.15) is 0 Å². The predicted molar refractivity (Wildman–Crippen MR) is 83.2 cm³/mol. The van der Waals surface area contributed by atoms with Crippen LogP contribution in [0.2, 0.25) is 0 Å². The fourth-order valence-electron chi connectivity index (χ4n) is 2.21. The molecule has 4 amide bonds. The molecule has 1 atom stereocenters. The van der Waals surface area contributed by atoms with Crippen molar-refractivity contribution < 1.29 is 23.9 Å². The molecule has 1 fully saturated rings. The number of carbonyl (C=O) groups excluding carboxylic acids is 4. The Balaban J connectivity index is 2.05. The average molecular weight is 339 g/mol. The summed E-state index contributed by atoms with van der Waals surface area (Å²) >= 11 is 1.26. The van der Waals surface area contributed by atoms with E-state index < -0.39 is 11.9 Å². The molecule has 1 saturated heterocycles. The van der Waals surface area contributed by atoms with Crippen molar-refractivity contribution in [1.82, 2.24) is 10.6 Å². The van der Waals surface area contributed by atoms with Gasteiger partial charge in [-0.05, 0) is 6.42 Å². The first-order valence-corrected chi connectivity index (χ1v) is 7.83. The van der Waals surface area contributed by atoms with Crippen LogP contribution in [0.4, 0.5) is 5.00 Å². The maximum Gasteiger partial charge on any atom is 0.249 e. The number of carbonyl (C=O) groups is 4. The van der Waals surface area contributed by atoms with Crippen molar-refractivity contribution in [2.75, 3.05) is 12.4 Å². The first-order valence-electron chi connectivity index (χ1n) is 6.95. The zero-order valence-corrected chi connectivity index (χ0v) is 13.5. The van der Waals surface area contributed by atoms with Crippen molar-refractivity contribution in [2.45, 2.75) is 32.2 Å². The van der Waals surface area contributed by atoms with Crippen LogP contribution in [-0.4, -0.2) is 36.8 Å². The SMILES string of the molecule is COc1csc(NC(C)=O)c1CC(=O)NC1CCC(=O)NC1=O. The third-order valence-corrected chi connectivity index (χ3v) is 4.19. The van der Waals surface area contributed by atoms with Crippen LogP contribution in [0, 0.1) is 0 Å². The quantitative estimate of drug-likeness (QED) is 0.662. The molecule has 9 heteroatoms. The zero-order chi connectivity index (χ0) is 17.0. The molecular weight excluding hydrogens is 322 g/mol. The van der Waals surface area contributed by atoms with Crippen LogP contribution in [0.15, 0.2) is 5.38 Å². The molecule has 1 aromatic heterocycles. The number of thiophene rings is 1. The summed E-state index contributed by atoms with van der Waals surface area (Å²) < 4.78 is 5.19. The Labute approximate surface area is 136 Å². The standard InChI is InChI=1S/C14H17N3O5S/c1-7(18)15-14-8(10(22-2)6-23-14)5-12(20)16-9-3-4-11(19)17-13(9)21/h6,9H,3-5H2,1-2H3,(H,15,18)(H,16,20)(H,17,19,21). The second-order valence-corrected chi connectivity index (χ2v) is 5.92. The maximum absolute atomic E-state index is 12.2. The zero-order valence-electron chi connectivity index (χ0n) is 12.7. The van der Waals surface area contributed by atoms with Gasteiger partial charge >= 0.3 is 0 Å². The van der Waals surface area contributed by atoms with Crippen LogP contribution in [-0.2, 0) is 25.6 Å². The number of hydrogen-bond acceptors (Lipinski definition) is 6. The summed E-state index contributed by atoms with van der Waals surface area (Å²) in [6.45, 7) is 1.37. The van der Waals surface area contributed by atoms with Gasteiger partial charge in [-0.25, -0.2) is 0 Å². The summed E-state index contributed by atoms with van der Waals surface area (Å²) in [4.78, 5) is 46.1. The van der Waals surface area contributed by atoms with Crippen molar-refractivity contribution in [1.29, 1.82) is 0 Å². The van der Waals surface area contributed by atoms with E-state index in [1.165, 1.54) is 25.4 Å². The fourth-order valence-corrected chi connectivity index (χ4v) is 3.19. The van der Waals surface area contributed by atoms with Crippen LogP contribution in [0.1, 0.15) is 25.3 Å². The minimum atomic E-state index is -0.728. The highest BCUT2D eigenvalue weighted by molar-refractivity contribution is 7.14. The summed E-state index contributed by atoms with van der Waals surface area (Å²) in [5.41, 5.74) is 0.553. The van der Waals surface area contributed by atoms with E-state index in [1.807, 2.05) is 0 Å². The fraction of sp³-hybridized carbons (Fsp3) is 0.429. The van der Waals surface area contributed by atoms with Crippen molar-refractivity contribution >= 4 is 40.0 Å². The third-order valence-electron chi connectivity index (χ3n) is 3.28. The summed E-state index contributed by atoms with van der Waals surface area (Å²) in [6, 6.07) is -0.728. The second-order valence-electron chi connectivity index (χ2n) is 5.04. The minimum Gasteiger partial charge on any atom is -0.496 e. The first-order chi connectivity index (χ1) is 10.9. The Kier molecular flexibility index (Phi) is 5.32. The first kappa shape index (κ1) is 16.9. The Morgan fingerprint density at radius 1 is 1.43 bits per heavy atom. The van der Waals surface area contributed by atoms with E-state index in [0.29, 0.717) is 16.3 Å². The van der Waals surface area contributed by atoms with Gasteiger partial charge < -0.3 is 15.4 Å². The van der Waals surface area contributed by atoms with E-state index in [-0.39, 0.29) is 37.0 Å². The molecule has 0 bridgehead atoms. The molecule has 1 aromatic rings. The Morgan fingerprint density at radius 3 is 2.78 bits per heavy atom. The van der Waals surface area contributed by atoms with E-state index in [2.05, 4.69) is 16.0 Å². The molecule has 1 aliphatic heterocycles. The number of imide groups is 1. The minimum absolute atomic E-state index is 0.0417. The molecule has 2 heterocycles. The number of rotatable bonds is 5. The monoisotopic (exact) mass is 339 g/mol.